The summed E-state index contributed by atoms with van der Waals surface area (Å²) < 4.78 is 5.37. The van der Waals surface area contributed by atoms with Crippen molar-refractivity contribution in [2.45, 2.75) is 18.9 Å². The third kappa shape index (κ3) is 2.50. The number of carbonyl (C=O) groups excluding carboxylic acids is 2. The van der Waals surface area contributed by atoms with Crippen molar-refractivity contribution in [3.63, 3.8) is 0 Å². The van der Waals surface area contributed by atoms with Crippen molar-refractivity contribution in [2.75, 3.05) is 20.1 Å². The summed E-state index contributed by atoms with van der Waals surface area (Å²) in [5, 5.41) is 0. The molecule has 2 atom stereocenters. The van der Waals surface area contributed by atoms with E-state index in [9.17, 15) is 9.59 Å². The van der Waals surface area contributed by atoms with Gasteiger partial charge in [0.25, 0.3) is 5.91 Å². The molecule has 1 aromatic carbocycles. The van der Waals surface area contributed by atoms with Crippen LogP contribution in [0.25, 0.3) is 11.3 Å². The number of carbonyl (C=O) groups is 2. The molecule has 2 aliphatic rings. The molecule has 0 radical (unpaired) electrons. The Morgan fingerprint density at radius 1 is 1.21 bits per heavy atom. The zero-order valence-electron chi connectivity index (χ0n) is 13.6. The fraction of sp³-hybridized carbons (Fsp3) is 0.368. The fourth-order valence-corrected chi connectivity index (χ4v) is 3.87. The second-order valence-corrected chi connectivity index (χ2v) is 6.63. The Kier molecular flexibility index (Phi) is 3.63. The molecule has 124 valence electrons. The number of furan rings is 1. The summed E-state index contributed by atoms with van der Waals surface area (Å²) >= 11 is 0. The third-order valence-electron chi connectivity index (χ3n) is 5.25. The van der Waals surface area contributed by atoms with Gasteiger partial charge in [0.1, 0.15) is 5.76 Å². The van der Waals surface area contributed by atoms with Crippen LogP contribution in [-0.4, -0.2) is 47.8 Å². The van der Waals surface area contributed by atoms with Crippen molar-refractivity contribution in [1.82, 2.24) is 9.80 Å². The number of nitrogens with zero attached hydrogens (tertiary/aromatic N) is 2. The molecule has 2 fully saturated rings. The van der Waals surface area contributed by atoms with Crippen molar-refractivity contribution in [2.24, 2.45) is 5.92 Å². The molecule has 5 heteroatoms. The molecule has 3 heterocycles. The number of hydrogen-bond acceptors (Lipinski definition) is 3. The maximum Gasteiger partial charge on any atom is 0.253 e. The van der Waals surface area contributed by atoms with Gasteiger partial charge in [-0.25, -0.2) is 0 Å². The highest BCUT2D eigenvalue weighted by Crippen LogP contribution is 2.31. The normalized spacial score (nSPS) is 23.5. The lowest BCUT2D eigenvalue weighted by Crippen LogP contribution is -2.47. The summed E-state index contributed by atoms with van der Waals surface area (Å²) in [6, 6.07) is 11.5. The van der Waals surface area contributed by atoms with Crippen molar-refractivity contribution in [3.05, 3.63) is 48.2 Å². The van der Waals surface area contributed by atoms with Crippen LogP contribution in [-0.2, 0) is 4.79 Å². The molecular formula is C19H20N2O3. The van der Waals surface area contributed by atoms with E-state index >= 15 is 0 Å². The topological polar surface area (TPSA) is 53.8 Å². The first kappa shape index (κ1) is 15.0. The maximum absolute atomic E-state index is 12.8. The van der Waals surface area contributed by atoms with E-state index < -0.39 is 0 Å². The largest absolute Gasteiger partial charge is 0.464 e. The van der Waals surface area contributed by atoms with E-state index in [-0.39, 0.29) is 17.7 Å². The minimum Gasteiger partial charge on any atom is -0.464 e. The Balaban J connectivity index is 1.47. The van der Waals surface area contributed by atoms with Crippen LogP contribution in [0.5, 0.6) is 0 Å². The van der Waals surface area contributed by atoms with Crippen LogP contribution in [0, 0.1) is 5.92 Å². The van der Waals surface area contributed by atoms with Gasteiger partial charge in [0.05, 0.1) is 6.26 Å². The van der Waals surface area contributed by atoms with Gasteiger partial charge >= 0.3 is 0 Å². The Labute approximate surface area is 140 Å². The lowest BCUT2D eigenvalue weighted by Gasteiger charge is -2.36. The van der Waals surface area contributed by atoms with Gasteiger partial charge in [-0.05, 0) is 30.7 Å². The van der Waals surface area contributed by atoms with Gasteiger partial charge in [-0.2, -0.15) is 0 Å². The van der Waals surface area contributed by atoms with E-state index in [2.05, 4.69) is 0 Å². The molecule has 4 rings (SSSR count). The first-order valence-electron chi connectivity index (χ1n) is 8.32. The molecule has 0 spiro atoms. The third-order valence-corrected chi connectivity index (χ3v) is 5.25. The number of fused-ring (bicyclic) bond motifs is 1. The number of amides is 2. The van der Waals surface area contributed by atoms with Crippen LogP contribution in [0.3, 0.4) is 0 Å². The van der Waals surface area contributed by atoms with Crippen molar-refractivity contribution < 1.29 is 14.0 Å². The highest BCUT2D eigenvalue weighted by atomic mass is 16.3. The van der Waals surface area contributed by atoms with E-state index in [0.717, 1.165) is 17.7 Å². The summed E-state index contributed by atoms with van der Waals surface area (Å²) in [5.74, 6) is 1.30. The van der Waals surface area contributed by atoms with Crippen molar-refractivity contribution in [3.8, 4) is 11.3 Å². The summed E-state index contributed by atoms with van der Waals surface area (Å²) in [6.45, 7) is 1.37. The summed E-state index contributed by atoms with van der Waals surface area (Å²) in [5.41, 5.74) is 1.64. The molecule has 0 aliphatic carbocycles. The lowest BCUT2D eigenvalue weighted by atomic mass is 9.92. The Bertz CT molecular complexity index is 751. The van der Waals surface area contributed by atoms with Crippen LogP contribution in [0.1, 0.15) is 23.2 Å². The smallest absolute Gasteiger partial charge is 0.253 e. The van der Waals surface area contributed by atoms with Crippen LogP contribution < -0.4 is 0 Å². The van der Waals surface area contributed by atoms with E-state index in [4.69, 9.17) is 4.42 Å². The molecule has 0 unspecified atom stereocenters. The molecular weight excluding hydrogens is 304 g/mol. The first-order chi connectivity index (χ1) is 11.6. The average molecular weight is 324 g/mol. The van der Waals surface area contributed by atoms with Gasteiger partial charge < -0.3 is 14.2 Å². The second kappa shape index (κ2) is 5.82. The molecule has 2 aromatic rings. The van der Waals surface area contributed by atoms with Crippen LogP contribution in [0.15, 0.2) is 47.1 Å². The molecule has 0 saturated carbocycles. The van der Waals surface area contributed by atoms with E-state index in [1.807, 2.05) is 53.2 Å². The van der Waals surface area contributed by atoms with Crippen LogP contribution in [0.4, 0.5) is 0 Å². The summed E-state index contributed by atoms with van der Waals surface area (Å²) in [7, 11) is 1.87. The highest BCUT2D eigenvalue weighted by molar-refractivity contribution is 5.95. The van der Waals surface area contributed by atoms with Gasteiger partial charge in [0.2, 0.25) is 5.91 Å². The van der Waals surface area contributed by atoms with Gasteiger partial charge in [-0.15, -0.1) is 0 Å². The number of rotatable bonds is 2. The lowest BCUT2D eigenvalue weighted by molar-refractivity contribution is -0.127. The number of hydrogen-bond donors (Lipinski definition) is 0. The zero-order chi connectivity index (χ0) is 16.7. The predicted molar refractivity (Wildman–Crippen MR) is 89.3 cm³/mol. The van der Waals surface area contributed by atoms with Gasteiger partial charge in [0.15, 0.2) is 0 Å². The molecule has 5 nitrogen and oxygen atoms in total. The SMILES string of the molecule is CN1C(=O)C[C@@H]2CN(C(=O)c3ccc(-c4ccco4)cc3)CC[C@@H]21. The Morgan fingerprint density at radius 2 is 2.00 bits per heavy atom. The number of benzene rings is 1. The van der Waals surface area contributed by atoms with Crippen molar-refractivity contribution >= 4 is 11.8 Å². The molecule has 1 aromatic heterocycles. The average Bonchev–Trinajstić information content (AvgIpc) is 3.23. The van der Waals surface area contributed by atoms with Crippen LogP contribution >= 0.6 is 0 Å². The molecule has 2 amide bonds. The van der Waals surface area contributed by atoms with Gasteiger partial charge in [-0.3, -0.25) is 9.59 Å². The van der Waals surface area contributed by atoms with E-state index in [0.29, 0.717) is 31.1 Å². The molecule has 24 heavy (non-hydrogen) atoms. The Morgan fingerprint density at radius 3 is 2.71 bits per heavy atom. The van der Waals surface area contributed by atoms with Crippen molar-refractivity contribution in [1.29, 1.82) is 0 Å². The molecule has 0 bridgehead atoms. The minimum absolute atomic E-state index is 0.0430. The molecule has 2 aliphatic heterocycles. The second-order valence-electron chi connectivity index (χ2n) is 6.63. The summed E-state index contributed by atoms with van der Waals surface area (Å²) in [6.07, 6.45) is 3.06. The van der Waals surface area contributed by atoms with Crippen LogP contribution in [0.2, 0.25) is 0 Å². The van der Waals surface area contributed by atoms with Gasteiger partial charge in [0, 0.05) is 49.6 Å². The summed E-state index contributed by atoms with van der Waals surface area (Å²) in [4.78, 5) is 28.3. The first-order valence-corrected chi connectivity index (χ1v) is 8.32. The van der Waals surface area contributed by atoms with Gasteiger partial charge in [-0.1, -0.05) is 12.1 Å². The predicted octanol–water partition coefficient (Wildman–Crippen LogP) is 2.64. The molecule has 0 N–H and O–H groups in total. The quantitative estimate of drug-likeness (QED) is 0.853. The Hall–Kier alpha value is -2.56. The number of likely N-dealkylation sites (tertiary alicyclic amines) is 2. The minimum atomic E-state index is 0.0430. The standard InChI is InChI=1S/C19H20N2O3/c1-20-16-8-9-21(12-15(16)11-18(20)22)19(23)14-6-4-13(5-7-14)17-3-2-10-24-17/h2-7,10,15-16H,8-9,11-12H2,1H3/t15-,16+/m1/s1. The highest BCUT2D eigenvalue weighted by Gasteiger charge is 2.41. The monoisotopic (exact) mass is 324 g/mol. The fourth-order valence-electron chi connectivity index (χ4n) is 3.87. The number of piperidine rings is 1. The maximum atomic E-state index is 12.8. The van der Waals surface area contributed by atoms with E-state index in [1.54, 1.807) is 6.26 Å². The zero-order valence-corrected chi connectivity index (χ0v) is 13.6. The van der Waals surface area contributed by atoms with E-state index in [1.165, 1.54) is 0 Å². The molecule has 2 saturated heterocycles.